The number of anilines is 5. The summed E-state index contributed by atoms with van der Waals surface area (Å²) in [4.78, 5) is 25.8. The lowest BCUT2D eigenvalue weighted by atomic mass is 10.1. The van der Waals surface area contributed by atoms with E-state index in [1.54, 1.807) is 38.1 Å². The summed E-state index contributed by atoms with van der Waals surface area (Å²) in [6.45, 7) is 7.22. The number of carbonyl (C=O) groups excluding carboxylic acids is 1. The summed E-state index contributed by atoms with van der Waals surface area (Å²) in [6, 6.07) is 12.8. The van der Waals surface area contributed by atoms with Gasteiger partial charge in [-0.25, -0.2) is 9.97 Å². The van der Waals surface area contributed by atoms with Gasteiger partial charge in [0.15, 0.2) is 0 Å². The molecule has 5 N–H and O–H groups in total. The predicted molar refractivity (Wildman–Crippen MR) is 127 cm³/mol. The number of carbonyl (C=O) groups is 1. The number of pyridine rings is 1. The van der Waals surface area contributed by atoms with Crippen LogP contribution in [0.4, 0.5) is 29.0 Å². The molecule has 0 radical (unpaired) electrons. The summed E-state index contributed by atoms with van der Waals surface area (Å²) >= 11 is 0. The molecular formula is C23H27N7O2. The Morgan fingerprint density at radius 2 is 1.81 bits per heavy atom. The van der Waals surface area contributed by atoms with Crippen molar-refractivity contribution in [2.45, 2.75) is 19.4 Å². The highest BCUT2D eigenvalue weighted by Crippen LogP contribution is 2.24. The van der Waals surface area contributed by atoms with Gasteiger partial charge in [-0.05, 0) is 50.2 Å². The van der Waals surface area contributed by atoms with Gasteiger partial charge < -0.3 is 26.4 Å². The summed E-state index contributed by atoms with van der Waals surface area (Å²) in [5, 5.41) is 22.3. The van der Waals surface area contributed by atoms with Gasteiger partial charge in [-0.3, -0.25) is 4.79 Å². The minimum absolute atomic E-state index is 0.249. The van der Waals surface area contributed by atoms with Crippen LogP contribution in [0.3, 0.4) is 0 Å². The van der Waals surface area contributed by atoms with Gasteiger partial charge in [0.25, 0.3) is 5.91 Å². The van der Waals surface area contributed by atoms with E-state index in [0.717, 1.165) is 11.4 Å². The molecule has 3 rings (SSSR count). The van der Waals surface area contributed by atoms with Crippen LogP contribution < -0.4 is 21.3 Å². The minimum atomic E-state index is -1.11. The number of nitrogens with zero attached hydrogens (tertiary/aromatic N) is 3. The van der Waals surface area contributed by atoms with Crippen LogP contribution in [0.5, 0.6) is 0 Å². The third kappa shape index (κ3) is 5.79. The van der Waals surface area contributed by atoms with Crippen molar-refractivity contribution in [2.24, 2.45) is 0 Å². The summed E-state index contributed by atoms with van der Waals surface area (Å²) in [6.07, 6.45) is 3.03. The predicted octanol–water partition coefficient (Wildman–Crippen LogP) is 3.54. The maximum atomic E-state index is 12.6. The summed E-state index contributed by atoms with van der Waals surface area (Å²) in [7, 11) is 1.85. The largest absolute Gasteiger partial charge is 0.388 e. The van der Waals surface area contributed by atoms with E-state index in [1.165, 1.54) is 6.20 Å². The van der Waals surface area contributed by atoms with Crippen LogP contribution in [-0.4, -0.2) is 39.6 Å². The van der Waals surface area contributed by atoms with Crippen LogP contribution in [0, 0.1) is 0 Å². The Balaban J connectivity index is 1.93. The first kappa shape index (κ1) is 22.7. The highest BCUT2D eigenvalue weighted by atomic mass is 16.3. The molecular weight excluding hydrogens is 406 g/mol. The molecule has 0 aliphatic carbocycles. The fourth-order valence-corrected chi connectivity index (χ4v) is 2.78. The van der Waals surface area contributed by atoms with Crippen molar-refractivity contribution in [3.63, 3.8) is 0 Å². The number of nitrogens with one attached hydrogen (secondary N) is 4. The molecule has 2 aromatic heterocycles. The van der Waals surface area contributed by atoms with E-state index < -0.39 is 5.60 Å². The molecule has 0 fully saturated rings. The maximum absolute atomic E-state index is 12.6. The first-order valence-corrected chi connectivity index (χ1v) is 10.1. The highest BCUT2D eigenvalue weighted by molar-refractivity contribution is 5.99. The Kier molecular flexibility index (Phi) is 7.01. The summed E-state index contributed by atoms with van der Waals surface area (Å²) in [5.74, 6) is 0.668. The molecule has 0 saturated heterocycles. The normalized spacial score (nSPS) is 10.9. The lowest BCUT2D eigenvalue weighted by molar-refractivity contribution is 0.0740. The van der Waals surface area contributed by atoms with E-state index in [1.807, 2.05) is 31.3 Å². The number of hydrogen-bond donors (Lipinski definition) is 5. The minimum Gasteiger partial charge on any atom is -0.388 e. The second kappa shape index (κ2) is 9.88. The number of amides is 1. The molecule has 9 heteroatoms. The van der Waals surface area contributed by atoms with Crippen LogP contribution in [0.1, 0.15) is 29.9 Å². The van der Waals surface area contributed by atoms with Crippen LogP contribution in [0.2, 0.25) is 0 Å². The van der Waals surface area contributed by atoms with E-state index in [4.69, 9.17) is 0 Å². The van der Waals surface area contributed by atoms with Crippen LogP contribution in [-0.2, 0) is 5.60 Å². The molecule has 32 heavy (non-hydrogen) atoms. The summed E-state index contributed by atoms with van der Waals surface area (Å²) in [5.41, 5.74) is 1.39. The summed E-state index contributed by atoms with van der Waals surface area (Å²) < 4.78 is 0. The van der Waals surface area contributed by atoms with Gasteiger partial charge in [0.1, 0.15) is 22.8 Å². The van der Waals surface area contributed by atoms with Crippen molar-refractivity contribution in [1.82, 2.24) is 20.3 Å². The molecule has 0 unspecified atom stereocenters. The quantitative estimate of drug-likeness (QED) is 0.325. The zero-order valence-electron chi connectivity index (χ0n) is 18.3. The number of aromatic nitrogens is 3. The number of rotatable bonds is 9. The number of benzene rings is 1. The second-order valence-corrected chi connectivity index (χ2v) is 7.50. The van der Waals surface area contributed by atoms with Crippen molar-refractivity contribution in [2.75, 3.05) is 29.5 Å². The molecule has 0 saturated carbocycles. The van der Waals surface area contributed by atoms with Crippen molar-refractivity contribution in [3.05, 3.63) is 72.6 Å². The number of hydrogen-bond acceptors (Lipinski definition) is 8. The second-order valence-electron chi connectivity index (χ2n) is 7.50. The SMILES string of the molecule is C=CCNC(=O)c1cnc(Nc2ccc(NC)cc2)nc1Nc1cccc(C(C)(C)O)n1. The van der Waals surface area contributed by atoms with Gasteiger partial charge in [-0.2, -0.15) is 4.98 Å². The monoisotopic (exact) mass is 433 g/mol. The molecule has 166 valence electrons. The van der Waals surface area contributed by atoms with Crippen molar-refractivity contribution in [1.29, 1.82) is 0 Å². The highest BCUT2D eigenvalue weighted by Gasteiger charge is 2.19. The topological polar surface area (TPSA) is 124 Å². The molecule has 0 spiro atoms. The van der Waals surface area contributed by atoms with Crippen LogP contribution in [0.15, 0.2) is 61.3 Å². The maximum Gasteiger partial charge on any atom is 0.256 e. The molecule has 1 aromatic carbocycles. The molecule has 0 bridgehead atoms. The molecule has 1 amide bonds. The Labute approximate surface area is 187 Å². The Bertz CT molecular complexity index is 1090. The van der Waals surface area contributed by atoms with Gasteiger partial charge in [0, 0.05) is 31.2 Å². The van der Waals surface area contributed by atoms with E-state index >= 15 is 0 Å². The van der Waals surface area contributed by atoms with Crippen LogP contribution in [0.25, 0.3) is 0 Å². The lowest BCUT2D eigenvalue weighted by Crippen LogP contribution is -2.25. The Hall–Kier alpha value is -3.98. The van der Waals surface area contributed by atoms with E-state index in [0.29, 0.717) is 24.0 Å². The van der Waals surface area contributed by atoms with E-state index in [-0.39, 0.29) is 17.3 Å². The standard InChI is InChI=1S/C23H27N7O2/c1-5-13-25-21(31)17-14-26-22(27-16-11-9-15(24-4)10-12-16)30-20(17)29-19-8-6-7-18(28-19)23(2,3)32/h5-12,14,24,32H,1,13H2,2-4H3,(H,25,31)(H2,26,27,28,29,30). The number of aliphatic hydroxyl groups is 1. The first-order valence-electron chi connectivity index (χ1n) is 10.1. The van der Waals surface area contributed by atoms with E-state index in [9.17, 15) is 9.90 Å². The molecule has 0 atom stereocenters. The third-order valence-electron chi connectivity index (χ3n) is 4.49. The van der Waals surface area contributed by atoms with Crippen LogP contribution >= 0.6 is 0 Å². The Morgan fingerprint density at radius 3 is 2.47 bits per heavy atom. The Morgan fingerprint density at radius 1 is 1.09 bits per heavy atom. The van der Waals surface area contributed by atoms with Gasteiger partial charge >= 0.3 is 0 Å². The van der Waals surface area contributed by atoms with Crippen molar-refractivity contribution in [3.8, 4) is 0 Å². The average molecular weight is 434 g/mol. The van der Waals surface area contributed by atoms with Crippen molar-refractivity contribution < 1.29 is 9.90 Å². The molecule has 3 aromatic rings. The van der Waals surface area contributed by atoms with Gasteiger partial charge in [0.2, 0.25) is 5.95 Å². The zero-order chi connectivity index (χ0) is 23.1. The fourth-order valence-electron chi connectivity index (χ4n) is 2.78. The van der Waals surface area contributed by atoms with Crippen molar-refractivity contribution >= 4 is 34.9 Å². The third-order valence-corrected chi connectivity index (χ3v) is 4.49. The van der Waals surface area contributed by atoms with Gasteiger partial charge in [0.05, 0.1) is 5.69 Å². The van der Waals surface area contributed by atoms with Gasteiger partial charge in [-0.1, -0.05) is 12.1 Å². The molecule has 9 nitrogen and oxygen atoms in total. The molecule has 0 aliphatic rings. The zero-order valence-corrected chi connectivity index (χ0v) is 18.3. The van der Waals surface area contributed by atoms with Gasteiger partial charge in [-0.15, -0.1) is 6.58 Å². The average Bonchev–Trinajstić information content (AvgIpc) is 2.78. The smallest absolute Gasteiger partial charge is 0.256 e. The first-order chi connectivity index (χ1) is 15.3. The molecule has 0 aliphatic heterocycles. The molecule has 2 heterocycles. The van der Waals surface area contributed by atoms with E-state index in [2.05, 4.69) is 42.8 Å². The lowest BCUT2D eigenvalue weighted by Gasteiger charge is -2.18. The fraction of sp³-hybridized carbons (Fsp3) is 0.217.